The van der Waals surface area contributed by atoms with Crippen molar-refractivity contribution in [1.29, 1.82) is 0 Å². The van der Waals surface area contributed by atoms with E-state index in [2.05, 4.69) is 116 Å². The molecule has 5 rings (SSSR count). The molecule has 0 radical (unpaired) electrons. The van der Waals surface area contributed by atoms with E-state index in [1.165, 1.54) is 39.9 Å². The maximum atomic E-state index is 2.45. The molecule has 30 heavy (non-hydrogen) atoms. The van der Waals surface area contributed by atoms with Crippen molar-refractivity contribution in [3.8, 4) is 0 Å². The summed E-state index contributed by atoms with van der Waals surface area (Å²) in [5.41, 5.74) is 4.98. The van der Waals surface area contributed by atoms with Gasteiger partial charge in [-0.15, -0.1) is 0 Å². The van der Waals surface area contributed by atoms with Gasteiger partial charge in [0.15, 0.2) is 0 Å². The molecule has 4 aromatic rings. The second-order valence-electron chi connectivity index (χ2n) is 7.99. The second kappa shape index (κ2) is 8.88. The van der Waals surface area contributed by atoms with Gasteiger partial charge >= 0.3 is 0 Å². The molecule has 0 aliphatic heterocycles. The first-order valence-electron chi connectivity index (χ1n) is 10.4. The number of aryl methyl sites for hydroxylation is 2. The molecule has 0 bridgehead atoms. The molecule has 0 saturated carbocycles. The van der Waals surface area contributed by atoms with Gasteiger partial charge in [-0.1, -0.05) is 78.4 Å². The Morgan fingerprint density at radius 1 is 0.633 bits per heavy atom. The van der Waals surface area contributed by atoms with Crippen LogP contribution in [0.4, 0.5) is 0 Å². The van der Waals surface area contributed by atoms with Gasteiger partial charge in [-0.3, -0.25) is 0 Å². The Balaban J connectivity index is 0.00000218. The van der Waals surface area contributed by atoms with Crippen molar-refractivity contribution < 1.29 is 17.0 Å². The normalized spacial score (nSPS) is 15.3. The van der Waals surface area contributed by atoms with Crippen LogP contribution in [-0.4, -0.2) is 0 Å². The van der Waals surface area contributed by atoms with Gasteiger partial charge in [0.25, 0.3) is 0 Å². The third kappa shape index (κ3) is 3.45. The standard InChI is InChI=1S/C28H26P.BrH/c1-22-17-18-23-19-20-28(27(23)21-22)29(24-11-5-2-6-12-24,25-13-7-3-8-14-25)26-15-9-4-10-16-26;/h2-18,21,28H,19-20H2,1H3;1H/q+1;/p-1. The van der Waals surface area contributed by atoms with Crippen molar-refractivity contribution in [2.45, 2.75) is 25.4 Å². The molecular formula is C28H26BrP. The van der Waals surface area contributed by atoms with Gasteiger partial charge in [-0.05, 0) is 67.3 Å². The van der Waals surface area contributed by atoms with Crippen LogP contribution in [0.25, 0.3) is 0 Å². The first-order chi connectivity index (χ1) is 14.3. The lowest BCUT2D eigenvalue weighted by Gasteiger charge is -2.33. The molecule has 0 aromatic heterocycles. The number of benzene rings is 4. The number of fused-ring (bicyclic) bond motifs is 1. The van der Waals surface area contributed by atoms with Gasteiger partial charge in [0, 0.05) is 0 Å². The van der Waals surface area contributed by atoms with E-state index in [9.17, 15) is 0 Å². The van der Waals surface area contributed by atoms with Gasteiger partial charge in [-0.25, -0.2) is 0 Å². The predicted octanol–water partition coefficient (Wildman–Crippen LogP) is 2.98. The highest BCUT2D eigenvalue weighted by Crippen LogP contribution is 2.70. The van der Waals surface area contributed by atoms with E-state index in [1.54, 1.807) is 5.56 Å². The molecule has 1 unspecified atom stereocenters. The molecule has 0 spiro atoms. The molecule has 1 atom stereocenters. The highest BCUT2D eigenvalue weighted by atomic mass is 79.9. The minimum Gasteiger partial charge on any atom is -1.00 e. The molecule has 0 fully saturated rings. The van der Waals surface area contributed by atoms with Crippen LogP contribution in [0, 0.1) is 6.92 Å². The third-order valence-corrected chi connectivity index (χ3v) is 11.1. The Labute approximate surface area is 191 Å². The van der Waals surface area contributed by atoms with E-state index >= 15 is 0 Å². The fraction of sp³-hybridized carbons (Fsp3) is 0.143. The van der Waals surface area contributed by atoms with Crippen molar-refractivity contribution in [2.75, 3.05) is 0 Å². The monoisotopic (exact) mass is 472 g/mol. The molecule has 150 valence electrons. The quantitative estimate of drug-likeness (QED) is 0.400. The maximum absolute atomic E-state index is 2.45. The summed E-state index contributed by atoms with van der Waals surface area (Å²) in [6.07, 6.45) is 2.39. The third-order valence-electron chi connectivity index (χ3n) is 6.31. The molecule has 2 heteroatoms. The number of rotatable bonds is 4. The molecule has 0 N–H and O–H groups in total. The number of halogens is 1. The topological polar surface area (TPSA) is 0 Å². The molecule has 0 nitrogen and oxygen atoms in total. The minimum absolute atomic E-state index is 0. The average molecular weight is 473 g/mol. The fourth-order valence-electron chi connectivity index (χ4n) is 5.08. The van der Waals surface area contributed by atoms with Crippen molar-refractivity contribution in [2.24, 2.45) is 0 Å². The Bertz CT molecular complexity index is 1010. The summed E-state index contributed by atoms with van der Waals surface area (Å²) >= 11 is 0. The van der Waals surface area contributed by atoms with Crippen molar-refractivity contribution in [1.82, 2.24) is 0 Å². The van der Waals surface area contributed by atoms with Crippen LogP contribution in [0.5, 0.6) is 0 Å². The second-order valence-corrected chi connectivity index (χ2v) is 11.6. The summed E-state index contributed by atoms with van der Waals surface area (Å²) in [5.74, 6) is 0. The molecular weight excluding hydrogens is 447 g/mol. The average Bonchev–Trinajstić information content (AvgIpc) is 3.20. The first kappa shape index (κ1) is 21.0. The van der Waals surface area contributed by atoms with Gasteiger partial charge in [-0.2, -0.15) is 0 Å². The van der Waals surface area contributed by atoms with Crippen molar-refractivity contribution in [3.63, 3.8) is 0 Å². The summed E-state index contributed by atoms with van der Waals surface area (Å²) in [5, 5.41) is 4.45. The highest BCUT2D eigenvalue weighted by molar-refractivity contribution is 7.96. The lowest BCUT2D eigenvalue weighted by molar-refractivity contribution is -0.00000564. The Hall–Kier alpha value is -2.21. The van der Waals surface area contributed by atoms with Gasteiger partial charge in [0.2, 0.25) is 0 Å². The van der Waals surface area contributed by atoms with Crippen LogP contribution < -0.4 is 32.9 Å². The SMILES string of the molecule is Cc1ccc2c(c1)C([P+](c1ccccc1)(c1ccccc1)c1ccccc1)CC2.[Br-]. The van der Waals surface area contributed by atoms with E-state index in [1.807, 2.05) is 0 Å². The smallest absolute Gasteiger partial charge is 0.119 e. The van der Waals surface area contributed by atoms with Crippen LogP contribution in [0.15, 0.2) is 109 Å². The minimum atomic E-state index is -1.85. The zero-order chi connectivity index (χ0) is 19.7. The first-order valence-corrected chi connectivity index (χ1v) is 12.3. The summed E-state index contributed by atoms with van der Waals surface area (Å²) in [6, 6.07) is 40.9. The van der Waals surface area contributed by atoms with Crippen LogP contribution in [0.3, 0.4) is 0 Å². The molecule has 4 aromatic carbocycles. The number of hydrogen-bond acceptors (Lipinski definition) is 0. The van der Waals surface area contributed by atoms with Crippen LogP contribution in [0.1, 0.15) is 28.8 Å². The summed E-state index contributed by atoms with van der Waals surface area (Å²) in [7, 11) is -1.85. The van der Waals surface area contributed by atoms with Crippen molar-refractivity contribution >= 4 is 23.2 Å². The van der Waals surface area contributed by atoms with E-state index < -0.39 is 7.26 Å². The number of hydrogen-bond donors (Lipinski definition) is 0. The molecule has 1 aliphatic carbocycles. The molecule has 0 amide bonds. The van der Waals surface area contributed by atoms with E-state index in [-0.39, 0.29) is 17.0 Å². The van der Waals surface area contributed by atoms with Crippen LogP contribution in [-0.2, 0) is 6.42 Å². The molecule has 0 saturated heterocycles. The molecule has 0 heterocycles. The van der Waals surface area contributed by atoms with Crippen molar-refractivity contribution in [3.05, 3.63) is 126 Å². The van der Waals surface area contributed by atoms with Crippen LogP contribution in [0.2, 0.25) is 0 Å². The Morgan fingerprint density at radius 2 is 1.10 bits per heavy atom. The van der Waals surface area contributed by atoms with Gasteiger partial charge in [0.05, 0.1) is 0 Å². The predicted molar refractivity (Wildman–Crippen MR) is 127 cm³/mol. The lowest BCUT2D eigenvalue weighted by atomic mass is 10.1. The lowest BCUT2D eigenvalue weighted by Crippen LogP contribution is -3.00. The largest absolute Gasteiger partial charge is 1.00 e. The summed E-state index contributed by atoms with van der Waals surface area (Å²) in [4.78, 5) is 0. The molecule has 1 aliphatic rings. The zero-order valence-corrected chi connectivity index (χ0v) is 19.7. The highest BCUT2D eigenvalue weighted by Gasteiger charge is 2.54. The van der Waals surface area contributed by atoms with Gasteiger partial charge < -0.3 is 17.0 Å². The summed E-state index contributed by atoms with van der Waals surface area (Å²) in [6.45, 7) is 2.23. The van der Waals surface area contributed by atoms with Crippen LogP contribution >= 0.6 is 7.26 Å². The Morgan fingerprint density at radius 3 is 1.57 bits per heavy atom. The van der Waals surface area contributed by atoms with E-state index in [0.29, 0.717) is 5.66 Å². The maximum Gasteiger partial charge on any atom is 0.119 e. The van der Waals surface area contributed by atoms with Gasteiger partial charge in [0.1, 0.15) is 28.8 Å². The zero-order valence-electron chi connectivity index (χ0n) is 17.2. The Kier molecular flexibility index (Phi) is 6.23. The summed E-state index contributed by atoms with van der Waals surface area (Å²) < 4.78 is 0. The van der Waals surface area contributed by atoms with E-state index in [0.717, 1.165) is 0 Å². The van der Waals surface area contributed by atoms with E-state index in [4.69, 9.17) is 0 Å². The fourth-order valence-corrected chi connectivity index (χ4v) is 10.2.